The Morgan fingerprint density at radius 3 is 2.67 bits per heavy atom. The Hall–Kier alpha value is -2.42. The summed E-state index contributed by atoms with van der Waals surface area (Å²) in [4.78, 5) is 19.8. The van der Waals surface area contributed by atoms with Gasteiger partial charge in [-0.3, -0.25) is 9.78 Å². The molecule has 3 rings (SSSR count). The van der Waals surface area contributed by atoms with Crippen molar-refractivity contribution in [3.05, 3.63) is 65.6 Å². The van der Waals surface area contributed by atoms with Crippen LogP contribution in [-0.4, -0.2) is 15.8 Å². The van der Waals surface area contributed by atoms with E-state index in [-0.39, 0.29) is 5.78 Å². The van der Waals surface area contributed by atoms with Gasteiger partial charge in [0, 0.05) is 22.8 Å². The smallest absolute Gasteiger partial charge is 0.213 e. The van der Waals surface area contributed by atoms with E-state index >= 15 is 0 Å². The highest BCUT2D eigenvalue weighted by Crippen LogP contribution is 2.23. The maximum absolute atomic E-state index is 12.5. The number of ketones is 1. The van der Waals surface area contributed by atoms with Crippen LogP contribution >= 0.6 is 0 Å². The minimum Gasteiger partial charge on any atom is -0.358 e. The molecule has 0 spiro atoms. The second-order valence-electron chi connectivity index (χ2n) is 4.21. The lowest BCUT2D eigenvalue weighted by molar-refractivity contribution is 0.103. The molecule has 1 aromatic carbocycles. The Bertz CT molecular complexity index is 714. The van der Waals surface area contributed by atoms with Crippen molar-refractivity contribution in [1.29, 1.82) is 0 Å². The van der Waals surface area contributed by atoms with Gasteiger partial charge in [0.1, 0.15) is 5.69 Å². The number of H-pyrrole nitrogens is 1. The molecule has 0 unspecified atom stereocenters. The average molecular weight is 236 g/mol. The van der Waals surface area contributed by atoms with Crippen molar-refractivity contribution < 1.29 is 4.79 Å². The molecule has 0 fully saturated rings. The van der Waals surface area contributed by atoms with Crippen LogP contribution in [0.25, 0.3) is 10.9 Å². The summed E-state index contributed by atoms with van der Waals surface area (Å²) in [7, 11) is 0. The second kappa shape index (κ2) is 4.11. The van der Waals surface area contributed by atoms with Crippen LogP contribution in [0.5, 0.6) is 0 Å². The summed E-state index contributed by atoms with van der Waals surface area (Å²) in [6.45, 7) is 1.91. The third kappa shape index (κ3) is 1.61. The number of carbonyl (C=O) groups excluding carboxylic acids is 1. The molecule has 0 atom stereocenters. The Labute approximate surface area is 104 Å². The molecule has 0 aliphatic carbocycles. The van der Waals surface area contributed by atoms with Crippen LogP contribution in [0.3, 0.4) is 0 Å². The highest BCUT2D eigenvalue weighted by atomic mass is 16.1. The zero-order valence-electron chi connectivity index (χ0n) is 9.97. The van der Waals surface area contributed by atoms with Crippen molar-refractivity contribution in [2.24, 2.45) is 0 Å². The predicted octanol–water partition coefficient (Wildman–Crippen LogP) is 3.10. The Kier molecular flexibility index (Phi) is 2.45. The van der Waals surface area contributed by atoms with Crippen LogP contribution in [-0.2, 0) is 0 Å². The molecule has 0 bridgehead atoms. The molecular weight excluding hydrogens is 224 g/mol. The van der Waals surface area contributed by atoms with Crippen LogP contribution in [0.15, 0.2) is 48.7 Å². The van der Waals surface area contributed by atoms with Crippen molar-refractivity contribution >= 4 is 16.7 Å². The quantitative estimate of drug-likeness (QED) is 0.695. The summed E-state index contributed by atoms with van der Waals surface area (Å²) < 4.78 is 0. The van der Waals surface area contributed by atoms with E-state index in [4.69, 9.17) is 0 Å². The summed E-state index contributed by atoms with van der Waals surface area (Å²) in [5.74, 6) is -0.0365. The number of hydrogen-bond donors (Lipinski definition) is 1. The number of rotatable bonds is 2. The molecule has 2 aromatic heterocycles. The van der Waals surface area contributed by atoms with Gasteiger partial charge in [-0.15, -0.1) is 0 Å². The highest BCUT2D eigenvalue weighted by Gasteiger charge is 2.17. The minimum atomic E-state index is -0.0365. The summed E-state index contributed by atoms with van der Waals surface area (Å²) in [6, 6.07) is 13.2. The number of aromatic amines is 1. The van der Waals surface area contributed by atoms with Gasteiger partial charge in [-0.1, -0.05) is 24.3 Å². The summed E-state index contributed by atoms with van der Waals surface area (Å²) >= 11 is 0. The molecular formula is C15H12N2O. The van der Waals surface area contributed by atoms with Crippen molar-refractivity contribution in [2.75, 3.05) is 0 Å². The van der Waals surface area contributed by atoms with Gasteiger partial charge >= 0.3 is 0 Å². The Morgan fingerprint density at radius 2 is 1.89 bits per heavy atom. The fraction of sp³-hybridized carbons (Fsp3) is 0.0667. The molecule has 0 aliphatic heterocycles. The minimum absolute atomic E-state index is 0.0365. The van der Waals surface area contributed by atoms with Gasteiger partial charge in [-0.2, -0.15) is 0 Å². The van der Waals surface area contributed by atoms with E-state index in [1.165, 1.54) is 0 Å². The molecule has 0 radical (unpaired) electrons. The first-order valence-corrected chi connectivity index (χ1v) is 5.80. The number of hydrogen-bond acceptors (Lipinski definition) is 2. The fourth-order valence-corrected chi connectivity index (χ4v) is 2.19. The van der Waals surface area contributed by atoms with Crippen molar-refractivity contribution in [1.82, 2.24) is 9.97 Å². The Balaban J connectivity index is 2.21. The maximum Gasteiger partial charge on any atom is 0.213 e. The average Bonchev–Trinajstić information content (AvgIpc) is 2.75. The van der Waals surface area contributed by atoms with E-state index in [1.54, 1.807) is 18.3 Å². The predicted molar refractivity (Wildman–Crippen MR) is 70.7 cm³/mol. The van der Waals surface area contributed by atoms with Crippen molar-refractivity contribution in [3.63, 3.8) is 0 Å². The fourth-order valence-electron chi connectivity index (χ4n) is 2.19. The van der Waals surface area contributed by atoms with Gasteiger partial charge in [0.2, 0.25) is 5.78 Å². The summed E-state index contributed by atoms with van der Waals surface area (Å²) in [5, 5.41) is 0.950. The van der Waals surface area contributed by atoms with Crippen LogP contribution in [0.1, 0.15) is 21.7 Å². The molecule has 0 amide bonds. The zero-order chi connectivity index (χ0) is 12.5. The van der Waals surface area contributed by atoms with Crippen LogP contribution in [0.4, 0.5) is 0 Å². The van der Waals surface area contributed by atoms with Gasteiger partial charge in [0.15, 0.2) is 0 Å². The van der Waals surface area contributed by atoms with E-state index in [0.29, 0.717) is 11.3 Å². The largest absolute Gasteiger partial charge is 0.358 e. The lowest BCUT2D eigenvalue weighted by atomic mass is 10.0. The van der Waals surface area contributed by atoms with E-state index < -0.39 is 0 Å². The monoisotopic (exact) mass is 236 g/mol. The molecule has 0 saturated carbocycles. The van der Waals surface area contributed by atoms with Crippen LogP contribution in [0, 0.1) is 6.92 Å². The third-order valence-corrected chi connectivity index (χ3v) is 3.02. The summed E-state index contributed by atoms with van der Waals surface area (Å²) in [6.07, 6.45) is 1.64. The van der Waals surface area contributed by atoms with Gasteiger partial charge in [-0.25, -0.2) is 0 Å². The number of fused-ring (bicyclic) bond motifs is 1. The highest BCUT2D eigenvalue weighted by molar-refractivity contribution is 6.16. The SMILES string of the molecule is Cc1[nH]c2ccccc2c1C(=O)c1ccccn1. The number of nitrogens with zero attached hydrogens (tertiary/aromatic N) is 1. The van der Waals surface area contributed by atoms with Gasteiger partial charge < -0.3 is 4.98 Å². The van der Waals surface area contributed by atoms with E-state index in [1.807, 2.05) is 37.3 Å². The van der Waals surface area contributed by atoms with E-state index in [2.05, 4.69) is 9.97 Å². The Morgan fingerprint density at radius 1 is 1.11 bits per heavy atom. The lowest BCUT2D eigenvalue weighted by Crippen LogP contribution is -2.04. The number of aryl methyl sites for hydroxylation is 1. The number of pyridine rings is 1. The van der Waals surface area contributed by atoms with Crippen molar-refractivity contribution in [2.45, 2.75) is 6.92 Å². The molecule has 2 heterocycles. The molecule has 3 nitrogen and oxygen atoms in total. The maximum atomic E-state index is 12.5. The van der Waals surface area contributed by atoms with Crippen molar-refractivity contribution in [3.8, 4) is 0 Å². The first kappa shape index (κ1) is 10.7. The van der Waals surface area contributed by atoms with Gasteiger partial charge in [0.25, 0.3) is 0 Å². The normalized spacial score (nSPS) is 10.7. The standard InChI is InChI=1S/C15H12N2O/c1-10-14(11-6-2-3-7-12(11)17-10)15(18)13-8-4-5-9-16-13/h2-9,17H,1H3. The zero-order valence-corrected chi connectivity index (χ0v) is 9.97. The number of carbonyl (C=O) groups is 1. The molecule has 88 valence electrons. The summed E-state index contributed by atoms with van der Waals surface area (Å²) in [5.41, 5.74) is 3.05. The molecule has 0 saturated heterocycles. The molecule has 3 aromatic rings. The molecule has 1 N–H and O–H groups in total. The topological polar surface area (TPSA) is 45.8 Å². The second-order valence-corrected chi connectivity index (χ2v) is 4.21. The lowest BCUT2D eigenvalue weighted by Gasteiger charge is -2.00. The van der Waals surface area contributed by atoms with Gasteiger partial charge in [0.05, 0.1) is 5.56 Å². The number of aromatic nitrogens is 2. The molecule has 0 aliphatic rings. The number of nitrogens with one attached hydrogen (secondary N) is 1. The number of para-hydroxylation sites is 1. The molecule has 18 heavy (non-hydrogen) atoms. The van der Waals surface area contributed by atoms with Gasteiger partial charge in [-0.05, 0) is 25.1 Å². The van der Waals surface area contributed by atoms with E-state index in [9.17, 15) is 4.79 Å². The number of benzene rings is 1. The first-order valence-electron chi connectivity index (χ1n) is 5.80. The van der Waals surface area contributed by atoms with E-state index in [0.717, 1.165) is 16.6 Å². The molecule has 3 heteroatoms. The first-order chi connectivity index (χ1) is 8.77. The van der Waals surface area contributed by atoms with Crippen LogP contribution in [0.2, 0.25) is 0 Å². The third-order valence-electron chi connectivity index (χ3n) is 3.02. The van der Waals surface area contributed by atoms with Crippen LogP contribution < -0.4 is 0 Å².